The lowest BCUT2D eigenvalue weighted by Crippen LogP contribution is -2.47. The fourth-order valence-corrected chi connectivity index (χ4v) is 4.82. The van der Waals surface area contributed by atoms with Crippen molar-refractivity contribution in [2.75, 3.05) is 40.3 Å². The van der Waals surface area contributed by atoms with Gasteiger partial charge in [-0.25, -0.2) is 4.98 Å². The Morgan fingerprint density at radius 1 is 1.23 bits per heavy atom. The number of likely N-dealkylation sites (N-methyl/N-ethyl adjacent to an activating group) is 1. The third-order valence-electron chi connectivity index (χ3n) is 6.66. The average Bonchev–Trinajstić information content (AvgIpc) is 3.20. The number of H-pyrrole nitrogens is 1. The molecular formula is C24H30N6O. The Bertz CT molecular complexity index is 1080. The quantitative estimate of drug-likeness (QED) is 0.706. The van der Waals surface area contributed by atoms with Gasteiger partial charge in [-0.05, 0) is 63.2 Å². The Hall–Kier alpha value is -2.77. The number of benzene rings is 1. The fraction of sp³-hybridized carbons (Fsp3) is 0.458. The predicted octanol–water partition coefficient (Wildman–Crippen LogP) is 2.85. The lowest BCUT2D eigenvalue weighted by atomic mass is 9.91. The molecule has 1 atom stereocenters. The van der Waals surface area contributed by atoms with Crippen LogP contribution in [0, 0.1) is 0 Å². The van der Waals surface area contributed by atoms with E-state index in [1.54, 1.807) is 0 Å². The number of rotatable bonds is 4. The largest absolute Gasteiger partial charge is 0.341 e. The summed E-state index contributed by atoms with van der Waals surface area (Å²) in [6.45, 7) is 4.13. The van der Waals surface area contributed by atoms with Crippen molar-refractivity contribution < 1.29 is 4.79 Å². The predicted molar refractivity (Wildman–Crippen MR) is 121 cm³/mol. The lowest BCUT2D eigenvalue weighted by molar-refractivity contribution is 0.0664. The number of aryl methyl sites for hydroxylation is 1. The zero-order valence-corrected chi connectivity index (χ0v) is 18.3. The van der Waals surface area contributed by atoms with Crippen LogP contribution in [0.1, 0.15) is 46.3 Å². The van der Waals surface area contributed by atoms with Crippen molar-refractivity contribution in [1.29, 1.82) is 0 Å². The van der Waals surface area contributed by atoms with Crippen LogP contribution >= 0.6 is 0 Å². The maximum Gasteiger partial charge on any atom is 0.254 e. The van der Waals surface area contributed by atoms with Crippen LogP contribution < -0.4 is 0 Å². The van der Waals surface area contributed by atoms with Gasteiger partial charge in [-0.3, -0.25) is 14.7 Å². The first kappa shape index (κ1) is 20.2. The normalized spacial score (nSPS) is 19.7. The number of fused-ring (bicyclic) bond motifs is 2. The van der Waals surface area contributed by atoms with Crippen molar-refractivity contribution in [3.05, 3.63) is 59.2 Å². The van der Waals surface area contributed by atoms with E-state index in [0.29, 0.717) is 6.04 Å². The van der Waals surface area contributed by atoms with Crippen LogP contribution in [0.5, 0.6) is 0 Å². The Morgan fingerprint density at radius 3 is 2.90 bits per heavy atom. The zero-order chi connectivity index (χ0) is 21.4. The van der Waals surface area contributed by atoms with E-state index in [4.69, 9.17) is 4.98 Å². The summed E-state index contributed by atoms with van der Waals surface area (Å²) in [4.78, 5) is 32.3. The number of amides is 1. The van der Waals surface area contributed by atoms with E-state index in [0.717, 1.165) is 68.0 Å². The first-order valence-corrected chi connectivity index (χ1v) is 11.2. The fourth-order valence-electron chi connectivity index (χ4n) is 4.82. The van der Waals surface area contributed by atoms with Gasteiger partial charge in [-0.15, -0.1) is 0 Å². The van der Waals surface area contributed by atoms with Crippen LogP contribution in [-0.2, 0) is 13.0 Å². The van der Waals surface area contributed by atoms with Crippen molar-refractivity contribution in [3.8, 4) is 0 Å². The summed E-state index contributed by atoms with van der Waals surface area (Å²) >= 11 is 0. The van der Waals surface area contributed by atoms with Gasteiger partial charge in [0, 0.05) is 37.9 Å². The second kappa shape index (κ2) is 8.40. The first-order valence-electron chi connectivity index (χ1n) is 11.2. The molecule has 0 radical (unpaired) electrons. The summed E-state index contributed by atoms with van der Waals surface area (Å²) in [5.74, 6) is 1.03. The number of nitrogens with one attached hydrogen (secondary N) is 1. The third-order valence-corrected chi connectivity index (χ3v) is 6.66. The number of nitrogens with zero attached hydrogens (tertiary/aromatic N) is 5. The van der Waals surface area contributed by atoms with Gasteiger partial charge >= 0.3 is 0 Å². The number of carbonyl (C=O) groups excluding carboxylic acids is 1. The van der Waals surface area contributed by atoms with E-state index in [2.05, 4.69) is 39.9 Å². The summed E-state index contributed by atoms with van der Waals surface area (Å²) in [6.07, 6.45) is 5.31. The molecule has 31 heavy (non-hydrogen) atoms. The van der Waals surface area contributed by atoms with Gasteiger partial charge in [0.1, 0.15) is 5.82 Å². The molecule has 1 saturated heterocycles. The molecule has 162 valence electrons. The molecule has 2 aromatic heterocycles. The van der Waals surface area contributed by atoms with Crippen molar-refractivity contribution in [3.63, 3.8) is 0 Å². The Balaban J connectivity index is 1.32. The van der Waals surface area contributed by atoms with E-state index < -0.39 is 0 Å². The molecule has 3 heterocycles. The van der Waals surface area contributed by atoms with E-state index in [-0.39, 0.29) is 5.91 Å². The van der Waals surface area contributed by atoms with Crippen LogP contribution in [0.3, 0.4) is 0 Å². The monoisotopic (exact) mass is 418 g/mol. The maximum atomic E-state index is 12.9. The third kappa shape index (κ3) is 4.07. The van der Waals surface area contributed by atoms with Gasteiger partial charge < -0.3 is 14.8 Å². The Labute approximate surface area is 183 Å². The molecule has 5 rings (SSSR count). The number of aromatic amines is 1. The van der Waals surface area contributed by atoms with Crippen LogP contribution in [0.15, 0.2) is 36.5 Å². The van der Waals surface area contributed by atoms with Crippen LogP contribution in [-0.4, -0.2) is 75.8 Å². The Kier molecular flexibility index (Phi) is 5.46. The number of imidazole rings is 1. The van der Waals surface area contributed by atoms with Crippen LogP contribution in [0.2, 0.25) is 0 Å². The highest BCUT2D eigenvalue weighted by molar-refractivity contribution is 5.97. The highest BCUT2D eigenvalue weighted by Gasteiger charge is 2.26. The molecule has 0 saturated carbocycles. The summed E-state index contributed by atoms with van der Waals surface area (Å²) < 4.78 is 0. The number of carbonyl (C=O) groups is 1. The molecule has 1 aliphatic carbocycles. The zero-order valence-electron chi connectivity index (χ0n) is 18.3. The van der Waals surface area contributed by atoms with Gasteiger partial charge in [-0.2, -0.15) is 0 Å². The van der Waals surface area contributed by atoms with Crippen molar-refractivity contribution in [1.82, 2.24) is 29.7 Å². The highest BCUT2D eigenvalue weighted by atomic mass is 16.2. The summed E-state index contributed by atoms with van der Waals surface area (Å²) in [5.41, 5.74) is 5.12. The minimum Gasteiger partial charge on any atom is -0.341 e. The molecule has 1 aromatic carbocycles. The van der Waals surface area contributed by atoms with E-state index in [1.165, 1.54) is 17.7 Å². The molecule has 1 unspecified atom stereocenters. The number of aromatic nitrogens is 3. The smallest absolute Gasteiger partial charge is 0.254 e. The summed E-state index contributed by atoms with van der Waals surface area (Å²) in [6, 6.07) is 10.3. The first-order chi connectivity index (χ1) is 15.1. The van der Waals surface area contributed by atoms with Gasteiger partial charge in [0.05, 0.1) is 29.3 Å². The average molecular weight is 419 g/mol. The SMILES string of the molecule is CN1CCN(C(=O)c2ccc3nc(CN(C)C4CCCc5cccnc54)[nH]c3c2)CC1. The summed E-state index contributed by atoms with van der Waals surface area (Å²) in [5, 5.41) is 0. The van der Waals surface area contributed by atoms with Crippen molar-refractivity contribution in [2.24, 2.45) is 0 Å². The standard InChI is InChI=1S/C24H30N6O/c1-28-11-13-30(14-12-28)24(31)18-8-9-19-20(15-18)27-22(26-19)16-29(2)21-7-3-5-17-6-4-10-25-23(17)21/h4,6,8-10,15,21H,3,5,7,11-14,16H2,1-2H3,(H,26,27). The molecule has 0 bridgehead atoms. The molecule has 1 amide bonds. The molecule has 3 aromatic rings. The second-order valence-corrected chi connectivity index (χ2v) is 8.88. The molecule has 7 nitrogen and oxygen atoms in total. The maximum absolute atomic E-state index is 12.9. The number of piperazine rings is 1. The second-order valence-electron chi connectivity index (χ2n) is 8.88. The number of pyridine rings is 1. The minimum atomic E-state index is 0.105. The molecule has 1 aliphatic heterocycles. The molecule has 2 aliphatic rings. The van der Waals surface area contributed by atoms with Gasteiger partial charge in [0.25, 0.3) is 5.91 Å². The van der Waals surface area contributed by atoms with Crippen molar-refractivity contribution >= 4 is 16.9 Å². The van der Waals surface area contributed by atoms with E-state index >= 15 is 0 Å². The molecule has 1 N–H and O–H groups in total. The molecule has 7 heteroatoms. The van der Waals surface area contributed by atoms with Gasteiger partial charge in [0.2, 0.25) is 0 Å². The van der Waals surface area contributed by atoms with Crippen molar-refractivity contribution in [2.45, 2.75) is 31.8 Å². The summed E-state index contributed by atoms with van der Waals surface area (Å²) in [7, 11) is 4.24. The Morgan fingerprint density at radius 2 is 2.06 bits per heavy atom. The van der Waals surface area contributed by atoms with E-state index in [1.807, 2.05) is 35.4 Å². The highest BCUT2D eigenvalue weighted by Crippen LogP contribution is 2.32. The van der Waals surface area contributed by atoms with E-state index in [9.17, 15) is 4.79 Å². The topological polar surface area (TPSA) is 68.4 Å². The van der Waals surface area contributed by atoms with Gasteiger partial charge in [-0.1, -0.05) is 6.07 Å². The molecule has 0 spiro atoms. The van der Waals surface area contributed by atoms with Crippen LogP contribution in [0.25, 0.3) is 11.0 Å². The van der Waals surface area contributed by atoms with Crippen LogP contribution in [0.4, 0.5) is 0 Å². The lowest BCUT2D eigenvalue weighted by Gasteiger charge is -2.32. The number of hydrogen-bond acceptors (Lipinski definition) is 5. The molecular weight excluding hydrogens is 388 g/mol. The molecule has 1 fully saturated rings. The number of hydrogen-bond donors (Lipinski definition) is 1. The minimum absolute atomic E-state index is 0.105. The van der Waals surface area contributed by atoms with Gasteiger partial charge in [0.15, 0.2) is 0 Å².